The smallest absolute Gasteiger partial charge is 0.0189 e. The molecule has 1 aliphatic heterocycles. The van der Waals surface area contributed by atoms with Gasteiger partial charge in [-0.1, -0.05) is 13.3 Å². The van der Waals surface area contributed by atoms with Crippen LogP contribution in [0.4, 0.5) is 0 Å². The number of rotatable bonds is 9. The minimum atomic E-state index is 0.631. The van der Waals surface area contributed by atoms with E-state index in [2.05, 4.69) is 42.9 Å². The Labute approximate surface area is 114 Å². The molecule has 1 aliphatic rings. The van der Waals surface area contributed by atoms with Crippen molar-refractivity contribution in [3.63, 3.8) is 0 Å². The highest BCUT2D eigenvalue weighted by molar-refractivity contribution is 4.72. The second-order valence-electron chi connectivity index (χ2n) is 5.98. The molecular formula is C15H33N3. The van der Waals surface area contributed by atoms with Gasteiger partial charge in [0.1, 0.15) is 0 Å². The molecule has 2 unspecified atom stereocenters. The normalized spacial score (nSPS) is 20.5. The van der Waals surface area contributed by atoms with E-state index in [1.54, 1.807) is 0 Å². The highest BCUT2D eigenvalue weighted by Gasteiger charge is 2.14. The van der Waals surface area contributed by atoms with Gasteiger partial charge in [-0.2, -0.15) is 0 Å². The molecule has 0 amide bonds. The minimum absolute atomic E-state index is 0.631. The van der Waals surface area contributed by atoms with E-state index in [9.17, 15) is 0 Å². The summed E-state index contributed by atoms with van der Waals surface area (Å²) in [5, 5.41) is 3.64. The largest absolute Gasteiger partial charge is 0.313 e. The van der Waals surface area contributed by atoms with Crippen molar-refractivity contribution in [3.05, 3.63) is 0 Å². The Morgan fingerprint density at radius 1 is 1.22 bits per heavy atom. The summed E-state index contributed by atoms with van der Waals surface area (Å²) in [6.07, 6.45) is 5.35. The Kier molecular flexibility index (Phi) is 7.87. The fourth-order valence-electron chi connectivity index (χ4n) is 2.59. The lowest BCUT2D eigenvalue weighted by atomic mass is 10.2. The summed E-state index contributed by atoms with van der Waals surface area (Å²) in [4.78, 5) is 5.08. The number of nitrogens with one attached hydrogen (secondary N) is 1. The van der Waals surface area contributed by atoms with Crippen LogP contribution < -0.4 is 5.32 Å². The Morgan fingerprint density at radius 3 is 2.50 bits per heavy atom. The Balaban J connectivity index is 2.09. The predicted octanol–water partition coefficient (Wildman–Crippen LogP) is 2.18. The lowest BCUT2D eigenvalue weighted by Gasteiger charge is -2.28. The molecule has 0 bridgehead atoms. The number of nitrogens with zero attached hydrogens (tertiary/aromatic N) is 2. The Hall–Kier alpha value is -0.120. The lowest BCUT2D eigenvalue weighted by molar-refractivity contribution is 0.208. The molecule has 3 nitrogen and oxygen atoms in total. The molecule has 1 heterocycles. The summed E-state index contributed by atoms with van der Waals surface area (Å²) in [7, 11) is 2.26. The third kappa shape index (κ3) is 6.17. The first-order valence-electron chi connectivity index (χ1n) is 7.79. The first-order chi connectivity index (χ1) is 8.63. The monoisotopic (exact) mass is 255 g/mol. The molecule has 0 aliphatic carbocycles. The van der Waals surface area contributed by atoms with E-state index in [1.807, 2.05) is 0 Å². The topological polar surface area (TPSA) is 18.5 Å². The highest BCUT2D eigenvalue weighted by atomic mass is 15.2. The highest BCUT2D eigenvalue weighted by Crippen LogP contribution is 2.07. The van der Waals surface area contributed by atoms with Crippen molar-refractivity contribution in [2.75, 3.05) is 39.8 Å². The van der Waals surface area contributed by atoms with Crippen LogP contribution in [0.5, 0.6) is 0 Å². The van der Waals surface area contributed by atoms with Crippen LogP contribution in [-0.4, -0.2) is 61.7 Å². The van der Waals surface area contributed by atoms with Crippen molar-refractivity contribution < 1.29 is 0 Å². The summed E-state index contributed by atoms with van der Waals surface area (Å²) in [6.45, 7) is 13.1. The fraction of sp³-hybridized carbons (Fsp3) is 1.00. The molecular weight excluding hydrogens is 222 g/mol. The molecule has 1 fully saturated rings. The molecule has 18 heavy (non-hydrogen) atoms. The van der Waals surface area contributed by atoms with Crippen LogP contribution in [-0.2, 0) is 0 Å². The third-order valence-electron chi connectivity index (χ3n) is 4.20. The van der Waals surface area contributed by atoms with Gasteiger partial charge in [-0.15, -0.1) is 0 Å². The average molecular weight is 255 g/mol. The fourth-order valence-corrected chi connectivity index (χ4v) is 2.59. The molecule has 1 rings (SSSR count). The van der Waals surface area contributed by atoms with Crippen molar-refractivity contribution in [1.29, 1.82) is 0 Å². The summed E-state index contributed by atoms with van der Waals surface area (Å²) < 4.78 is 0. The first-order valence-corrected chi connectivity index (χ1v) is 7.79. The maximum atomic E-state index is 3.64. The number of likely N-dealkylation sites (tertiary alicyclic amines) is 1. The summed E-state index contributed by atoms with van der Waals surface area (Å²) >= 11 is 0. The number of hydrogen-bond donors (Lipinski definition) is 1. The van der Waals surface area contributed by atoms with Crippen molar-refractivity contribution in [1.82, 2.24) is 15.1 Å². The molecule has 0 aromatic carbocycles. The second kappa shape index (κ2) is 8.89. The Bertz CT molecular complexity index is 202. The first kappa shape index (κ1) is 15.9. The van der Waals surface area contributed by atoms with Gasteiger partial charge in [-0.25, -0.2) is 0 Å². The van der Waals surface area contributed by atoms with Crippen LogP contribution in [0.3, 0.4) is 0 Å². The van der Waals surface area contributed by atoms with Gasteiger partial charge < -0.3 is 15.1 Å². The van der Waals surface area contributed by atoms with E-state index in [0.717, 1.165) is 6.54 Å². The molecule has 108 valence electrons. The maximum Gasteiger partial charge on any atom is 0.0189 e. The van der Waals surface area contributed by atoms with Gasteiger partial charge in [-0.3, -0.25) is 0 Å². The van der Waals surface area contributed by atoms with Gasteiger partial charge in [0.2, 0.25) is 0 Å². The molecule has 3 heteroatoms. The maximum absolute atomic E-state index is 3.64. The van der Waals surface area contributed by atoms with E-state index < -0.39 is 0 Å². The van der Waals surface area contributed by atoms with Gasteiger partial charge in [0.15, 0.2) is 0 Å². The molecule has 0 spiro atoms. The zero-order chi connectivity index (χ0) is 13.4. The summed E-state index contributed by atoms with van der Waals surface area (Å²) in [5.74, 6) is 0. The molecule has 0 saturated carbocycles. The summed E-state index contributed by atoms with van der Waals surface area (Å²) in [5.41, 5.74) is 0. The zero-order valence-electron chi connectivity index (χ0n) is 12.9. The van der Waals surface area contributed by atoms with Crippen LogP contribution in [0.25, 0.3) is 0 Å². The van der Waals surface area contributed by atoms with Crippen LogP contribution in [0.1, 0.15) is 46.5 Å². The third-order valence-corrected chi connectivity index (χ3v) is 4.20. The second-order valence-corrected chi connectivity index (χ2v) is 5.98. The molecule has 2 atom stereocenters. The van der Waals surface area contributed by atoms with E-state index in [1.165, 1.54) is 51.9 Å². The minimum Gasteiger partial charge on any atom is -0.313 e. The van der Waals surface area contributed by atoms with Crippen LogP contribution in [0.2, 0.25) is 0 Å². The van der Waals surface area contributed by atoms with Crippen LogP contribution >= 0.6 is 0 Å². The number of likely N-dealkylation sites (N-methyl/N-ethyl adjacent to an activating group) is 1. The van der Waals surface area contributed by atoms with Crippen molar-refractivity contribution >= 4 is 0 Å². The van der Waals surface area contributed by atoms with Gasteiger partial charge in [0, 0.05) is 31.7 Å². The van der Waals surface area contributed by atoms with E-state index in [-0.39, 0.29) is 0 Å². The predicted molar refractivity (Wildman–Crippen MR) is 80.1 cm³/mol. The van der Waals surface area contributed by atoms with Crippen molar-refractivity contribution in [2.24, 2.45) is 0 Å². The zero-order valence-corrected chi connectivity index (χ0v) is 12.9. The van der Waals surface area contributed by atoms with Gasteiger partial charge in [0.05, 0.1) is 0 Å². The van der Waals surface area contributed by atoms with Crippen LogP contribution in [0.15, 0.2) is 0 Å². The van der Waals surface area contributed by atoms with E-state index in [0.29, 0.717) is 12.1 Å². The van der Waals surface area contributed by atoms with Gasteiger partial charge >= 0.3 is 0 Å². The van der Waals surface area contributed by atoms with E-state index in [4.69, 9.17) is 0 Å². The summed E-state index contributed by atoms with van der Waals surface area (Å²) in [6, 6.07) is 1.29. The molecule has 1 saturated heterocycles. The van der Waals surface area contributed by atoms with Crippen molar-refractivity contribution in [2.45, 2.75) is 58.5 Å². The molecule has 0 radical (unpaired) electrons. The number of hydrogen-bond acceptors (Lipinski definition) is 3. The van der Waals surface area contributed by atoms with Crippen LogP contribution in [0, 0.1) is 0 Å². The molecule has 1 N–H and O–H groups in total. The SMILES string of the molecule is CCCC(C)NCC(C)N(C)CCN1CCCC1. The quantitative estimate of drug-likeness (QED) is 0.681. The van der Waals surface area contributed by atoms with E-state index >= 15 is 0 Å². The standard InChI is InChI=1S/C15H33N3/c1-5-8-14(2)16-13-15(3)17(4)11-12-18-9-6-7-10-18/h14-16H,5-13H2,1-4H3. The van der Waals surface area contributed by atoms with Crippen molar-refractivity contribution in [3.8, 4) is 0 Å². The van der Waals surface area contributed by atoms with Gasteiger partial charge in [0.25, 0.3) is 0 Å². The molecule has 0 aromatic heterocycles. The molecule has 0 aromatic rings. The van der Waals surface area contributed by atoms with Gasteiger partial charge in [-0.05, 0) is 53.2 Å². The average Bonchev–Trinajstić information content (AvgIpc) is 2.86. The lowest BCUT2D eigenvalue weighted by Crippen LogP contribution is -2.43. The Morgan fingerprint density at radius 2 is 1.89 bits per heavy atom.